The average molecular weight is 496 g/mol. The molecule has 35 heavy (non-hydrogen) atoms. The number of thiophene rings is 1. The van der Waals surface area contributed by atoms with Gasteiger partial charge in [0.2, 0.25) is 11.8 Å². The molecule has 1 atom stereocenters. The Morgan fingerprint density at radius 1 is 0.829 bits per heavy atom. The van der Waals surface area contributed by atoms with E-state index in [-0.39, 0.29) is 17.9 Å². The molecule has 190 valence electrons. The predicted octanol–water partition coefficient (Wildman–Crippen LogP) is 5.51. The molecule has 3 heterocycles. The Balaban J connectivity index is 1.24. The van der Waals surface area contributed by atoms with Crippen molar-refractivity contribution in [1.82, 2.24) is 14.7 Å². The number of piperazine rings is 1. The Morgan fingerprint density at radius 2 is 1.49 bits per heavy atom. The van der Waals surface area contributed by atoms with Crippen LogP contribution in [-0.2, 0) is 16.0 Å². The summed E-state index contributed by atoms with van der Waals surface area (Å²) in [4.78, 5) is 33.6. The maximum atomic E-state index is 13.3. The number of hydrogen-bond acceptors (Lipinski definition) is 4. The van der Waals surface area contributed by atoms with Crippen LogP contribution in [0.25, 0.3) is 0 Å². The molecule has 1 saturated heterocycles. The molecule has 6 heteroatoms. The van der Waals surface area contributed by atoms with E-state index in [0.717, 1.165) is 25.8 Å². The van der Waals surface area contributed by atoms with Crippen LogP contribution in [0.2, 0.25) is 0 Å². The van der Waals surface area contributed by atoms with Crippen LogP contribution in [0.15, 0.2) is 41.8 Å². The maximum absolute atomic E-state index is 13.3. The molecule has 5 nitrogen and oxygen atoms in total. The summed E-state index contributed by atoms with van der Waals surface area (Å²) in [7, 11) is 0. The summed E-state index contributed by atoms with van der Waals surface area (Å²) in [5.74, 6) is 0.444. The fraction of sp³-hybridized carbons (Fsp3) is 0.586. The van der Waals surface area contributed by atoms with Gasteiger partial charge >= 0.3 is 0 Å². The summed E-state index contributed by atoms with van der Waals surface area (Å²) in [6.45, 7) is 6.19. The second kappa shape index (κ2) is 13.2. The lowest BCUT2D eigenvalue weighted by atomic mass is 9.93. The van der Waals surface area contributed by atoms with Crippen LogP contribution in [0.5, 0.6) is 0 Å². The molecule has 0 aliphatic carbocycles. The van der Waals surface area contributed by atoms with Gasteiger partial charge in [0.25, 0.3) is 0 Å². The van der Waals surface area contributed by atoms with Crippen molar-refractivity contribution in [3.8, 4) is 0 Å². The highest BCUT2D eigenvalue weighted by Gasteiger charge is 2.32. The number of fused-ring (bicyclic) bond motifs is 1. The molecule has 2 amide bonds. The summed E-state index contributed by atoms with van der Waals surface area (Å²) in [5, 5.41) is 2.18. The molecule has 0 spiro atoms. The van der Waals surface area contributed by atoms with Gasteiger partial charge < -0.3 is 9.80 Å². The van der Waals surface area contributed by atoms with Crippen LogP contribution in [0, 0.1) is 0 Å². The van der Waals surface area contributed by atoms with E-state index in [9.17, 15) is 9.59 Å². The molecule has 0 radical (unpaired) electrons. The molecule has 4 rings (SSSR count). The second-order valence-corrected chi connectivity index (χ2v) is 11.0. The molecule has 1 fully saturated rings. The third-order valence-corrected chi connectivity index (χ3v) is 8.50. The number of hydrogen-bond donors (Lipinski definition) is 0. The van der Waals surface area contributed by atoms with E-state index in [2.05, 4.69) is 47.5 Å². The quantitative estimate of drug-likeness (QED) is 0.386. The van der Waals surface area contributed by atoms with Crippen LogP contribution < -0.4 is 0 Å². The maximum Gasteiger partial charge on any atom is 0.236 e. The number of rotatable bonds is 11. The van der Waals surface area contributed by atoms with E-state index < -0.39 is 0 Å². The van der Waals surface area contributed by atoms with Gasteiger partial charge in [-0.25, -0.2) is 0 Å². The fourth-order valence-corrected chi connectivity index (χ4v) is 6.34. The van der Waals surface area contributed by atoms with Gasteiger partial charge in [0.05, 0.1) is 12.6 Å². The van der Waals surface area contributed by atoms with Crippen LogP contribution in [0.4, 0.5) is 0 Å². The smallest absolute Gasteiger partial charge is 0.236 e. The highest BCUT2D eigenvalue weighted by molar-refractivity contribution is 7.10. The van der Waals surface area contributed by atoms with Gasteiger partial charge in [-0.3, -0.25) is 14.5 Å². The monoisotopic (exact) mass is 495 g/mol. The first-order valence-electron chi connectivity index (χ1n) is 13.6. The molecule has 1 aromatic heterocycles. The minimum Gasteiger partial charge on any atom is -0.339 e. The molecule has 1 unspecified atom stereocenters. The molecule has 0 N–H and O–H groups in total. The minimum absolute atomic E-state index is 0.139. The first-order chi connectivity index (χ1) is 17.2. The zero-order valence-corrected chi connectivity index (χ0v) is 22.1. The normalized spacial score (nSPS) is 18.5. The first kappa shape index (κ1) is 25.9. The lowest BCUT2D eigenvalue weighted by molar-refractivity contribution is -0.140. The third kappa shape index (κ3) is 6.95. The molecular formula is C29H41N3O2S. The van der Waals surface area contributed by atoms with Gasteiger partial charge in [-0.15, -0.1) is 11.3 Å². The van der Waals surface area contributed by atoms with Gasteiger partial charge in [-0.1, -0.05) is 75.8 Å². The largest absolute Gasteiger partial charge is 0.339 e. The second-order valence-electron chi connectivity index (χ2n) is 9.97. The number of benzene rings is 1. The predicted molar refractivity (Wildman–Crippen MR) is 144 cm³/mol. The van der Waals surface area contributed by atoms with Crippen molar-refractivity contribution in [3.63, 3.8) is 0 Å². The van der Waals surface area contributed by atoms with Crippen molar-refractivity contribution >= 4 is 23.2 Å². The minimum atomic E-state index is 0.139. The van der Waals surface area contributed by atoms with Crippen molar-refractivity contribution in [3.05, 3.63) is 57.8 Å². The fourth-order valence-electron chi connectivity index (χ4n) is 5.43. The number of unbranched alkanes of at least 4 members (excludes halogenated alkanes) is 6. The Bertz CT molecular complexity index is 936. The van der Waals surface area contributed by atoms with Crippen molar-refractivity contribution in [2.24, 2.45) is 0 Å². The molecule has 0 saturated carbocycles. The van der Waals surface area contributed by atoms with Crippen LogP contribution in [-0.4, -0.2) is 65.8 Å². The van der Waals surface area contributed by atoms with E-state index in [1.807, 2.05) is 27.2 Å². The van der Waals surface area contributed by atoms with Crippen LogP contribution >= 0.6 is 11.3 Å². The Hall–Kier alpha value is -2.18. The van der Waals surface area contributed by atoms with Crippen molar-refractivity contribution in [2.75, 3.05) is 39.3 Å². The molecule has 2 aliphatic heterocycles. The van der Waals surface area contributed by atoms with Gasteiger partial charge in [0.1, 0.15) is 0 Å². The van der Waals surface area contributed by atoms with Gasteiger partial charge in [0, 0.05) is 44.0 Å². The lowest BCUT2D eigenvalue weighted by Crippen LogP contribution is -2.53. The summed E-state index contributed by atoms with van der Waals surface area (Å²) < 4.78 is 0. The summed E-state index contributed by atoms with van der Waals surface area (Å²) in [6.07, 6.45) is 10.2. The number of carbonyl (C=O) groups is 2. The van der Waals surface area contributed by atoms with Gasteiger partial charge in [-0.05, 0) is 35.4 Å². The first-order valence-corrected chi connectivity index (χ1v) is 14.5. The van der Waals surface area contributed by atoms with Crippen molar-refractivity contribution in [2.45, 2.75) is 70.8 Å². The van der Waals surface area contributed by atoms with Crippen molar-refractivity contribution < 1.29 is 9.59 Å². The Morgan fingerprint density at radius 3 is 2.20 bits per heavy atom. The lowest BCUT2D eigenvalue weighted by Gasteiger charge is -2.39. The molecular weight excluding hydrogens is 454 g/mol. The van der Waals surface area contributed by atoms with E-state index in [1.165, 1.54) is 48.1 Å². The Kier molecular flexibility index (Phi) is 9.78. The topological polar surface area (TPSA) is 43.9 Å². The zero-order chi connectivity index (χ0) is 24.5. The van der Waals surface area contributed by atoms with Crippen LogP contribution in [0.1, 0.15) is 80.3 Å². The van der Waals surface area contributed by atoms with Crippen molar-refractivity contribution in [1.29, 1.82) is 0 Å². The third-order valence-electron chi connectivity index (χ3n) is 7.50. The van der Waals surface area contributed by atoms with E-state index in [4.69, 9.17) is 0 Å². The molecule has 0 bridgehead atoms. The zero-order valence-electron chi connectivity index (χ0n) is 21.3. The SMILES string of the molecule is CCCCCCCCCC(=O)N1CCN(C(=O)CN2CCc3sccc3C2c2ccccc2)CC1. The molecule has 2 aromatic rings. The molecule has 1 aromatic carbocycles. The number of carbonyl (C=O) groups excluding carboxylic acids is 2. The van der Waals surface area contributed by atoms with E-state index in [1.54, 1.807) is 0 Å². The van der Waals surface area contributed by atoms with E-state index >= 15 is 0 Å². The highest BCUT2D eigenvalue weighted by Crippen LogP contribution is 2.37. The number of nitrogens with zero attached hydrogens (tertiary/aromatic N) is 3. The van der Waals surface area contributed by atoms with Crippen LogP contribution in [0.3, 0.4) is 0 Å². The Labute approximate surface area is 215 Å². The average Bonchev–Trinajstić information content (AvgIpc) is 3.37. The van der Waals surface area contributed by atoms with E-state index in [0.29, 0.717) is 39.1 Å². The summed E-state index contributed by atoms with van der Waals surface area (Å²) >= 11 is 1.83. The standard InChI is InChI=1S/C29H41N3O2S/c1-2-3-4-5-6-7-11-14-27(33)30-18-20-31(21-19-30)28(34)23-32-17-15-26-25(16-22-35-26)29(32)24-12-9-8-10-13-24/h8-10,12-13,16,22,29H,2-7,11,14-15,17-21,23H2,1H3. The summed E-state index contributed by atoms with van der Waals surface area (Å²) in [5.41, 5.74) is 2.60. The molecule has 2 aliphatic rings. The van der Waals surface area contributed by atoms with Gasteiger partial charge in [-0.2, -0.15) is 0 Å². The summed E-state index contributed by atoms with van der Waals surface area (Å²) in [6, 6.07) is 12.9. The highest BCUT2D eigenvalue weighted by atomic mass is 32.1. The number of amides is 2. The van der Waals surface area contributed by atoms with Gasteiger partial charge in [0.15, 0.2) is 0 Å².